The molecule has 7 nitrogen and oxygen atoms in total. The van der Waals surface area contributed by atoms with Gasteiger partial charge in [-0.05, 0) is 30.4 Å². The van der Waals surface area contributed by atoms with Crippen LogP contribution in [0, 0.1) is 4.77 Å². The summed E-state index contributed by atoms with van der Waals surface area (Å²) in [4.78, 5) is 4.72. The lowest BCUT2D eigenvalue weighted by Gasteiger charge is -2.05. The second kappa shape index (κ2) is 7.16. The average molecular weight is 415 g/mol. The number of fused-ring (bicyclic) bond motifs is 1. The third-order valence-corrected chi connectivity index (χ3v) is 5.14. The van der Waals surface area contributed by atoms with E-state index in [1.165, 1.54) is 0 Å². The quantitative estimate of drug-likeness (QED) is 0.293. The van der Waals surface area contributed by atoms with Gasteiger partial charge in [-0.2, -0.15) is 5.10 Å². The van der Waals surface area contributed by atoms with Crippen molar-refractivity contribution in [2.24, 2.45) is 0 Å². The summed E-state index contributed by atoms with van der Waals surface area (Å²) in [5.41, 5.74) is 9.85. The molecule has 5 rings (SSSR count). The average Bonchev–Trinajstić information content (AvgIpc) is 3.49. The van der Waals surface area contributed by atoms with Crippen LogP contribution in [-0.2, 0) is 6.54 Å². The van der Waals surface area contributed by atoms with Gasteiger partial charge < -0.3 is 14.6 Å². The van der Waals surface area contributed by atoms with Gasteiger partial charge in [0.2, 0.25) is 11.5 Å². The standard InChI is InChI=1S/C22H17N5O2S/c1-2-10-27-20(25-26-22(27)30)19-18(23)17-14(16-9-6-11-28-16)12-15(24-21(17)29-19)13-7-4-3-5-8-13/h2-9,11-12H,1,10,23H2,(H,26,30). The molecule has 0 atom stereocenters. The number of pyridine rings is 1. The number of anilines is 1. The van der Waals surface area contributed by atoms with Crippen molar-refractivity contribution in [3.05, 3.63) is 72.2 Å². The summed E-state index contributed by atoms with van der Waals surface area (Å²) in [6, 6.07) is 15.5. The zero-order valence-corrected chi connectivity index (χ0v) is 16.6. The molecular formula is C22H17N5O2S. The Hall–Kier alpha value is -3.91. The number of nitrogen functional groups attached to an aromatic ring is 1. The molecule has 8 heteroatoms. The molecule has 0 saturated heterocycles. The molecule has 0 amide bonds. The van der Waals surface area contributed by atoms with Gasteiger partial charge in [0, 0.05) is 17.7 Å². The number of nitrogens with two attached hydrogens (primary N) is 1. The van der Waals surface area contributed by atoms with E-state index in [0.717, 1.165) is 16.8 Å². The summed E-state index contributed by atoms with van der Waals surface area (Å²) < 4.78 is 14.0. The van der Waals surface area contributed by atoms with Crippen molar-refractivity contribution in [3.8, 4) is 34.2 Å². The monoisotopic (exact) mass is 415 g/mol. The fourth-order valence-corrected chi connectivity index (χ4v) is 3.67. The molecule has 30 heavy (non-hydrogen) atoms. The van der Waals surface area contributed by atoms with Crippen molar-refractivity contribution in [1.29, 1.82) is 0 Å². The maximum absolute atomic E-state index is 6.54. The molecule has 0 aliphatic carbocycles. The Morgan fingerprint density at radius 1 is 1.20 bits per heavy atom. The van der Waals surface area contributed by atoms with E-state index in [0.29, 0.717) is 45.4 Å². The number of aromatic amines is 1. The van der Waals surface area contributed by atoms with E-state index in [1.807, 2.05) is 48.5 Å². The zero-order valence-electron chi connectivity index (χ0n) is 15.8. The summed E-state index contributed by atoms with van der Waals surface area (Å²) in [5, 5.41) is 7.76. The summed E-state index contributed by atoms with van der Waals surface area (Å²) in [6.45, 7) is 4.24. The Balaban J connectivity index is 1.81. The van der Waals surface area contributed by atoms with Crippen molar-refractivity contribution < 1.29 is 8.83 Å². The Labute approximate surface area is 176 Å². The molecule has 3 N–H and O–H groups in total. The highest BCUT2D eigenvalue weighted by Crippen LogP contribution is 2.41. The van der Waals surface area contributed by atoms with Crippen LogP contribution in [0.4, 0.5) is 5.69 Å². The molecule has 148 valence electrons. The first-order chi connectivity index (χ1) is 14.7. The fourth-order valence-electron chi connectivity index (χ4n) is 3.46. The smallest absolute Gasteiger partial charge is 0.230 e. The van der Waals surface area contributed by atoms with E-state index >= 15 is 0 Å². The maximum atomic E-state index is 6.54. The van der Waals surface area contributed by atoms with E-state index in [9.17, 15) is 0 Å². The normalized spacial score (nSPS) is 11.2. The number of H-pyrrole nitrogens is 1. The van der Waals surface area contributed by atoms with Crippen LogP contribution in [0.1, 0.15) is 0 Å². The minimum atomic E-state index is 0.393. The Bertz CT molecular complexity index is 1410. The van der Waals surface area contributed by atoms with Gasteiger partial charge in [0.25, 0.3) is 0 Å². The summed E-state index contributed by atoms with van der Waals surface area (Å²) in [5.74, 6) is 1.55. The lowest BCUT2D eigenvalue weighted by molar-refractivity contribution is 0.582. The highest BCUT2D eigenvalue weighted by Gasteiger charge is 2.24. The molecule has 0 bridgehead atoms. The predicted molar refractivity (Wildman–Crippen MR) is 118 cm³/mol. The Morgan fingerprint density at radius 3 is 2.77 bits per heavy atom. The first-order valence-electron chi connectivity index (χ1n) is 9.26. The SMILES string of the molecule is C=CCn1c(-c2oc3nc(-c4ccccc4)cc(-c4ccco4)c3c2N)n[nH]c1=S. The van der Waals surface area contributed by atoms with E-state index < -0.39 is 0 Å². The summed E-state index contributed by atoms with van der Waals surface area (Å²) in [6.07, 6.45) is 3.35. The van der Waals surface area contributed by atoms with Crippen LogP contribution in [-0.4, -0.2) is 19.7 Å². The highest BCUT2D eigenvalue weighted by molar-refractivity contribution is 7.71. The molecule has 4 heterocycles. The number of hydrogen-bond donors (Lipinski definition) is 2. The second-order valence-corrected chi connectivity index (χ2v) is 7.06. The molecule has 0 unspecified atom stereocenters. The van der Waals surface area contributed by atoms with E-state index in [-0.39, 0.29) is 0 Å². The molecule has 0 aliphatic heterocycles. The van der Waals surface area contributed by atoms with Crippen LogP contribution >= 0.6 is 12.2 Å². The lowest BCUT2D eigenvalue weighted by atomic mass is 10.0. The highest BCUT2D eigenvalue weighted by atomic mass is 32.1. The van der Waals surface area contributed by atoms with Crippen LogP contribution in [0.15, 0.2) is 76.3 Å². The predicted octanol–water partition coefficient (Wildman–Crippen LogP) is 5.44. The van der Waals surface area contributed by atoms with Crippen LogP contribution in [0.5, 0.6) is 0 Å². The van der Waals surface area contributed by atoms with Crippen molar-refractivity contribution in [1.82, 2.24) is 19.7 Å². The maximum Gasteiger partial charge on any atom is 0.230 e. The zero-order chi connectivity index (χ0) is 20.7. The lowest BCUT2D eigenvalue weighted by Crippen LogP contribution is -1.99. The van der Waals surface area contributed by atoms with Crippen LogP contribution < -0.4 is 5.73 Å². The summed E-state index contributed by atoms with van der Waals surface area (Å²) >= 11 is 5.32. The van der Waals surface area contributed by atoms with Gasteiger partial charge in [-0.15, -0.1) is 6.58 Å². The largest absolute Gasteiger partial charge is 0.464 e. The second-order valence-electron chi connectivity index (χ2n) is 6.68. The van der Waals surface area contributed by atoms with E-state index in [2.05, 4.69) is 16.8 Å². The Morgan fingerprint density at radius 2 is 2.03 bits per heavy atom. The van der Waals surface area contributed by atoms with Crippen LogP contribution in [0.25, 0.3) is 45.3 Å². The van der Waals surface area contributed by atoms with Crippen molar-refractivity contribution in [2.75, 3.05) is 5.73 Å². The molecule has 5 aromatic rings. The molecule has 0 radical (unpaired) electrons. The van der Waals surface area contributed by atoms with Gasteiger partial charge in [0.1, 0.15) is 5.76 Å². The number of rotatable bonds is 5. The third kappa shape index (κ3) is 2.85. The minimum absolute atomic E-state index is 0.393. The van der Waals surface area contributed by atoms with Crippen molar-refractivity contribution in [2.45, 2.75) is 6.54 Å². The Kier molecular flexibility index (Phi) is 4.33. The molecule has 0 spiro atoms. The van der Waals surface area contributed by atoms with E-state index in [1.54, 1.807) is 16.9 Å². The fraction of sp³-hybridized carbons (Fsp3) is 0.0455. The number of furan rings is 2. The topological polar surface area (TPSA) is 98.8 Å². The molecule has 0 fully saturated rings. The van der Waals surface area contributed by atoms with Crippen LogP contribution in [0.2, 0.25) is 0 Å². The molecule has 1 aromatic carbocycles. The number of nitrogens with one attached hydrogen (secondary N) is 1. The van der Waals surface area contributed by atoms with Crippen LogP contribution in [0.3, 0.4) is 0 Å². The van der Waals surface area contributed by atoms with Gasteiger partial charge in [0.15, 0.2) is 10.5 Å². The number of hydrogen-bond acceptors (Lipinski definition) is 6. The molecule has 0 saturated carbocycles. The van der Waals surface area contributed by atoms with Gasteiger partial charge in [-0.1, -0.05) is 36.4 Å². The van der Waals surface area contributed by atoms with Crippen molar-refractivity contribution in [3.63, 3.8) is 0 Å². The number of nitrogens with zero attached hydrogens (tertiary/aromatic N) is 3. The van der Waals surface area contributed by atoms with Gasteiger partial charge >= 0.3 is 0 Å². The van der Waals surface area contributed by atoms with E-state index in [4.69, 9.17) is 31.8 Å². The van der Waals surface area contributed by atoms with Gasteiger partial charge in [0.05, 0.1) is 23.0 Å². The molecule has 4 aromatic heterocycles. The molecule has 0 aliphatic rings. The number of allylic oxidation sites excluding steroid dienone is 1. The summed E-state index contributed by atoms with van der Waals surface area (Å²) in [7, 11) is 0. The minimum Gasteiger partial charge on any atom is -0.464 e. The third-order valence-electron chi connectivity index (χ3n) is 4.83. The first kappa shape index (κ1) is 18.1. The van der Waals surface area contributed by atoms with Gasteiger partial charge in [-0.25, -0.2) is 4.98 Å². The number of benzene rings is 1. The first-order valence-corrected chi connectivity index (χ1v) is 9.67. The van der Waals surface area contributed by atoms with Gasteiger partial charge in [-0.3, -0.25) is 9.67 Å². The molecular weight excluding hydrogens is 398 g/mol. The number of aromatic nitrogens is 4. The van der Waals surface area contributed by atoms with Crippen molar-refractivity contribution >= 4 is 29.0 Å².